The molecule has 0 rings (SSSR count). The Morgan fingerprint density at radius 2 is 1.80 bits per heavy atom. The van der Waals surface area contributed by atoms with Gasteiger partial charge in [-0.05, 0) is 0 Å². The van der Waals surface area contributed by atoms with Crippen LogP contribution in [0.15, 0.2) is 0 Å². The lowest BCUT2D eigenvalue weighted by Gasteiger charge is -1.89. The van der Waals surface area contributed by atoms with E-state index in [-0.39, 0.29) is 0 Å². The smallest absolute Gasteiger partial charge is 0.0956 e. The van der Waals surface area contributed by atoms with Crippen molar-refractivity contribution < 1.29 is 0 Å². The predicted molar refractivity (Wildman–Crippen MR) is 31.1 cm³/mol. The fraction of sp³-hybridized carbons (Fsp3) is 1.00. The second kappa shape index (κ2) is 2.37. The summed E-state index contributed by atoms with van der Waals surface area (Å²) >= 11 is 0. The van der Waals surface area contributed by atoms with Gasteiger partial charge in [-0.1, -0.05) is 19.1 Å². The summed E-state index contributed by atoms with van der Waals surface area (Å²) in [6.45, 7) is 2.20. The van der Waals surface area contributed by atoms with E-state index in [1.807, 2.05) is 0 Å². The third kappa shape index (κ3) is 4.13. The fourth-order valence-corrected chi connectivity index (χ4v) is 0. The molecule has 0 heterocycles. The summed E-state index contributed by atoms with van der Waals surface area (Å²) in [6, 6.07) is 0. The molecule has 0 aliphatic rings. The lowest BCUT2D eigenvalue weighted by atomic mass is 9.69. The van der Waals surface area contributed by atoms with Crippen molar-refractivity contribution in [3.8, 4) is 0 Å². The largest absolute Gasteiger partial charge is 0.0962 e. The average molecular weight is 67.7 g/mol. The first kappa shape index (κ1) is 5.13. The average Bonchev–Trinajstić information content (AvgIpc) is 1.38. The number of hydrogen-bond donors (Lipinski definition) is 0. The van der Waals surface area contributed by atoms with Crippen LogP contribution in [0.3, 0.4) is 0 Å². The van der Waals surface area contributed by atoms with Crippen LogP contribution < -0.4 is 0 Å². The molecule has 0 aliphatic heterocycles. The lowest BCUT2D eigenvalue weighted by molar-refractivity contribution is 1.02. The van der Waals surface area contributed by atoms with E-state index in [0.717, 1.165) is 5.72 Å². The summed E-state index contributed by atoms with van der Waals surface area (Å²) in [5.74, 6) is 0. The molecule has 0 fully saturated rings. The van der Waals surface area contributed by atoms with Gasteiger partial charge in [-0.15, -0.1) is 0 Å². The van der Waals surface area contributed by atoms with Crippen LogP contribution in [0, 0.1) is 0 Å². The minimum Gasteiger partial charge on any atom is -0.0962 e. The van der Waals surface area contributed by atoms with E-state index in [2.05, 4.69) is 22.6 Å². The van der Waals surface area contributed by atoms with Crippen molar-refractivity contribution in [2.24, 2.45) is 0 Å². The molecule has 0 saturated carbocycles. The molecule has 0 unspecified atom stereocenters. The summed E-state index contributed by atoms with van der Waals surface area (Å²) in [7, 11) is 4.44. The van der Waals surface area contributed by atoms with Crippen LogP contribution in [0.2, 0.25) is 5.72 Å². The Kier molecular flexibility index (Phi) is 2.43. The van der Waals surface area contributed by atoms with Gasteiger partial charge in [0.1, 0.15) is 0 Å². The van der Waals surface area contributed by atoms with Gasteiger partial charge in [0.15, 0.2) is 0 Å². The standard InChI is InChI=1S/C3H10B2/c1-2-3(4)5/h3H,2,4-5H2,1H3. The Labute approximate surface area is 35.8 Å². The SMILES string of the molecule is BC(B)CC. The maximum atomic E-state index is 2.22. The van der Waals surface area contributed by atoms with Crippen molar-refractivity contribution in [3.05, 3.63) is 0 Å². The van der Waals surface area contributed by atoms with Crippen molar-refractivity contribution in [1.29, 1.82) is 0 Å². The molecular formula is C3H10B2. The van der Waals surface area contributed by atoms with E-state index < -0.39 is 0 Å². The summed E-state index contributed by atoms with van der Waals surface area (Å²) in [5, 5.41) is 0. The minimum atomic E-state index is 0.884. The second-order valence-electron chi connectivity index (χ2n) is 1.80. The minimum absolute atomic E-state index is 0.884. The summed E-state index contributed by atoms with van der Waals surface area (Å²) in [6.07, 6.45) is 1.31. The van der Waals surface area contributed by atoms with Gasteiger partial charge in [-0.2, -0.15) is 0 Å². The Bertz CT molecular complexity index is 18.9. The summed E-state index contributed by atoms with van der Waals surface area (Å²) < 4.78 is 0. The highest BCUT2D eigenvalue weighted by atomic mass is 13.7. The molecule has 0 spiro atoms. The first-order chi connectivity index (χ1) is 2.27. The van der Waals surface area contributed by atoms with Crippen molar-refractivity contribution in [3.63, 3.8) is 0 Å². The third-order valence-electron chi connectivity index (χ3n) is 0.816. The second-order valence-corrected chi connectivity index (χ2v) is 1.80. The third-order valence-corrected chi connectivity index (χ3v) is 0.816. The molecule has 0 saturated heterocycles. The van der Waals surface area contributed by atoms with Gasteiger partial charge in [-0.3, -0.25) is 0 Å². The highest BCUT2D eigenvalue weighted by Crippen LogP contribution is 1.92. The van der Waals surface area contributed by atoms with Crippen LogP contribution in [-0.2, 0) is 0 Å². The zero-order valence-electron chi connectivity index (χ0n) is 4.28. The van der Waals surface area contributed by atoms with Crippen molar-refractivity contribution in [1.82, 2.24) is 0 Å². The van der Waals surface area contributed by atoms with Gasteiger partial charge in [-0.25, -0.2) is 0 Å². The van der Waals surface area contributed by atoms with Gasteiger partial charge in [0, 0.05) is 0 Å². The first-order valence-corrected chi connectivity index (χ1v) is 2.27. The van der Waals surface area contributed by atoms with Crippen LogP contribution in [0.5, 0.6) is 0 Å². The summed E-state index contributed by atoms with van der Waals surface area (Å²) in [5.41, 5.74) is 0.884. The van der Waals surface area contributed by atoms with E-state index >= 15 is 0 Å². The molecule has 0 aromatic rings. The van der Waals surface area contributed by atoms with E-state index in [0.29, 0.717) is 0 Å². The van der Waals surface area contributed by atoms with E-state index in [1.165, 1.54) is 6.42 Å². The van der Waals surface area contributed by atoms with E-state index in [1.54, 1.807) is 0 Å². The molecule has 0 aromatic heterocycles. The van der Waals surface area contributed by atoms with E-state index in [9.17, 15) is 0 Å². The monoisotopic (exact) mass is 68.1 g/mol. The normalized spacial score (nSPS) is 9.20. The molecule has 0 amide bonds. The molecule has 0 N–H and O–H groups in total. The molecule has 0 radical (unpaired) electrons. The van der Waals surface area contributed by atoms with Gasteiger partial charge in [0.05, 0.1) is 15.7 Å². The van der Waals surface area contributed by atoms with Crippen molar-refractivity contribution in [2.75, 3.05) is 0 Å². The van der Waals surface area contributed by atoms with Gasteiger partial charge >= 0.3 is 0 Å². The van der Waals surface area contributed by atoms with Gasteiger partial charge in [0.25, 0.3) is 0 Å². The Morgan fingerprint density at radius 1 is 1.60 bits per heavy atom. The van der Waals surface area contributed by atoms with Crippen molar-refractivity contribution in [2.45, 2.75) is 19.1 Å². The quantitative estimate of drug-likeness (QED) is 0.360. The number of rotatable bonds is 1. The molecule has 5 heavy (non-hydrogen) atoms. The predicted octanol–water partition coefficient (Wildman–Crippen LogP) is -0.591. The fourth-order valence-electron chi connectivity index (χ4n) is 0. The Hall–Kier alpha value is 0.130. The first-order valence-electron chi connectivity index (χ1n) is 2.27. The molecule has 0 aliphatic carbocycles. The van der Waals surface area contributed by atoms with Crippen LogP contribution in [0.1, 0.15) is 13.3 Å². The highest BCUT2D eigenvalue weighted by Gasteiger charge is 1.81. The zero-order chi connectivity index (χ0) is 4.28. The molecule has 2 heteroatoms. The molecular weight excluding hydrogens is 57.7 g/mol. The van der Waals surface area contributed by atoms with Gasteiger partial charge < -0.3 is 0 Å². The zero-order valence-corrected chi connectivity index (χ0v) is 4.28. The maximum Gasteiger partial charge on any atom is 0.0956 e. The highest BCUT2D eigenvalue weighted by molar-refractivity contribution is 6.35. The van der Waals surface area contributed by atoms with Crippen LogP contribution in [0.4, 0.5) is 0 Å². The molecule has 0 bridgehead atoms. The van der Waals surface area contributed by atoms with Crippen LogP contribution in [0.25, 0.3) is 0 Å². The lowest BCUT2D eigenvalue weighted by Crippen LogP contribution is -1.84. The summed E-state index contributed by atoms with van der Waals surface area (Å²) in [4.78, 5) is 0. The molecule has 28 valence electrons. The molecule has 0 atom stereocenters. The van der Waals surface area contributed by atoms with E-state index in [4.69, 9.17) is 0 Å². The molecule has 0 nitrogen and oxygen atoms in total. The number of hydrogen-bond acceptors (Lipinski definition) is 0. The van der Waals surface area contributed by atoms with Crippen LogP contribution >= 0.6 is 0 Å². The van der Waals surface area contributed by atoms with Crippen molar-refractivity contribution >= 4 is 15.7 Å². The molecule has 0 aromatic carbocycles. The Balaban J connectivity index is 2.54. The Morgan fingerprint density at radius 3 is 1.80 bits per heavy atom. The topological polar surface area (TPSA) is 0 Å². The maximum absolute atomic E-state index is 2.22. The van der Waals surface area contributed by atoms with Crippen LogP contribution in [-0.4, -0.2) is 15.7 Å². The van der Waals surface area contributed by atoms with Gasteiger partial charge in [0.2, 0.25) is 0 Å².